The first-order valence-electron chi connectivity index (χ1n) is 9.66. The summed E-state index contributed by atoms with van der Waals surface area (Å²) in [4.78, 5) is 31.5. The van der Waals surface area contributed by atoms with Crippen molar-refractivity contribution in [2.75, 3.05) is 12.1 Å². The molecule has 0 fully saturated rings. The van der Waals surface area contributed by atoms with E-state index < -0.39 is 5.91 Å². The summed E-state index contributed by atoms with van der Waals surface area (Å²) in [5, 5.41) is 7.20. The number of furan rings is 1. The fourth-order valence-corrected chi connectivity index (χ4v) is 3.20. The molecule has 0 unspecified atom stereocenters. The second-order valence-corrected chi connectivity index (χ2v) is 6.95. The number of aryl methyl sites for hydroxylation is 1. The number of carbonyl (C=O) groups is 1. The molecule has 0 saturated carbocycles. The van der Waals surface area contributed by atoms with Crippen molar-refractivity contribution in [2.24, 2.45) is 0 Å². The Morgan fingerprint density at radius 1 is 1.19 bits per heavy atom. The molecule has 4 heterocycles. The van der Waals surface area contributed by atoms with Crippen molar-refractivity contribution in [3.05, 3.63) is 76.4 Å². The number of ether oxygens (including phenoxy) is 2. The first kappa shape index (κ1) is 19.4. The summed E-state index contributed by atoms with van der Waals surface area (Å²) >= 11 is 0. The van der Waals surface area contributed by atoms with Crippen molar-refractivity contribution in [2.45, 2.75) is 6.92 Å². The number of hydrogen-bond acceptors (Lipinski definition) is 7. The molecular weight excluding hydrogens is 414 g/mol. The number of rotatable bonds is 5. The Kier molecular flexibility index (Phi) is 4.79. The first-order valence-corrected chi connectivity index (χ1v) is 9.66. The van der Waals surface area contributed by atoms with E-state index in [4.69, 9.17) is 13.9 Å². The van der Waals surface area contributed by atoms with Gasteiger partial charge in [0.2, 0.25) is 18.6 Å². The number of carbonyl (C=O) groups excluding carboxylic acids is 1. The Morgan fingerprint density at radius 3 is 2.88 bits per heavy atom. The summed E-state index contributed by atoms with van der Waals surface area (Å²) in [7, 11) is 0. The molecule has 0 radical (unpaired) electrons. The van der Waals surface area contributed by atoms with Crippen LogP contribution in [0.2, 0.25) is 0 Å². The van der Waals surface area contributed by atoms with Gasteiger partial charge < -0.3 is 19.2 Å². The lowest BCUT2D eigenvalue weighted by Crippen LogP contribution is -2.17. The minimum absolute atomic E-state index is 0.169. The number of anilines is 1. The Balaban J connectivity index is 1.44. The van der Waals surface area contributed by atoms with E-state index in [9.17, 15) is 9.59 Å². The standard InChI is InChI=1S/C22H17N5O5/c1-13-9-21(29)25-22(23-13)27-19(11-15(26-27)16-3-2-8-30-16)24-20(28)7-5-14-4-6-17-18(10-14)32-12-31-17/h2-11H,12H2,1H3,(H,24,28)(H,23,25,29). The highest BCUT2D eigenvalue weighted by molar-refractivity contribution is 6.01. The van der Waals surface area contributed by atoms with Crippen LogP contribution in [0, 0.1) is 6.92 Å². The number of aromatic nitrogens is 4. The number of fused-ring (bicyclic) bond motifs is 1. The molecule has 1 aliphatic heterocycles. The van der Waals surface area contributed by atoms with Gasteiger partial charge in [0.25, 0.3) is 5.56 Å². The van der Waals surface area contributed by atoms with Gasteiger partial charge in [0.05, 0.1) is 6.26 Å². The van der Waals surface area contributed by atoms with E-state index in [-0.39, 0.29) is 18.3 Å². The average molecular weight is 431 g/mol. The first-order chi connectivity index (χ1) is 15.5. The Hall–Kier alpha value is -4.60. The maximum Gasteiger partial charge on any atom is 0.252 e. The minimum Gasteiger partial charge on any atom is -0.463 e. The average Bonchev–Trinajstić information content (AvgIpc) is 3.51. The van der Waals surface area contributed by atoms with Gasteiger partial charge in [0.1, 0.15) is 11.5 Å². The number of nitrogens with zero attached hydrogens (tertiary/aromatic N) is 3. The molecule has 160 valence electrons. The summed E-state index contributed by atoms with van der Waals surface area (Å²) < 4.78 is 17.4. The minimum atomic E-state index is -0.398. The number of aromatic amines is 1. The lowest BCUT2D eigenvalue weighted by molar-refractivity contribution is -0.111. The molecule has 5 rings (SSSR count). The highest BCUT2D eigenvalue weighted by atomic mass is 16.7. The van der Waals surface area contributed by atoms with Gasteiger partial charge >= 0.3 is 0 Å². The van der Waals surface area contributed by atoms with Crippen LogP contribution in [0.15, 0.2) is 64.0 Å². The zero-order valence-electron chi connectivity index (χ0n) is 16.9. The summed E-state index contributed by atoms with van der Waals surface area (Å²) in [6.07, 6.45) is 4.56. The zero-order chi connectivity index (χ0) is 22.1. The molecule has 1 amide bonds. The fraction of sp³-hybridized carbons (Fsp3) is 0.0909. The van der Waals surface area contributed by atoms with Gasteiger partial charge in [-0.2, -0.15) is 9.78 Å². The normalized spacial score (nSPS) is 12.4. The molecular formula is C22H17N5O5. The van der Waals surface area contributed by atoms with Crippen LogP contribution in [0.1, 0.15) is 11.3 Å². The monoisotopic (exact) mass is 431 g/mol. The van der Waals surface area contributed by atoms with Gasteiger partial charge in [0.15, 0.2) is 17.3 Å². The third kappa shape index (κ3) is 3.88. The summed E-state index contributed by atoms with van der Waals surface area (Å²) in [6, 6.07) is 11.9. The molecule has 3 aromatic heterocycles. The molecule has 1 aliphatic rings. The quantitative estimate of drug-likeness (QED) is 0.466. The maximum atomic E-state index is 12.6. The van der Waals surface area contributed by atoms with Crippen molar-refractivity contribution in [1.29, 1.82) is 0 Å². The van der Waals surface area contributed by atoms with E-state index in [1.807, 2.05) is 6.07 Å². The molecule has 0 spiro atoms. The molecule has 2 N–H and O–H groups in total. The van der Waals surface area contributed by atoms with Crippen LogP contribution in [0.3, 0.4) is 0 Å². The van der Waals surface area contributed by atoms with Crippen LogP contribution >= 0.6 is 0 Å². The number of nitrogens with one attached hydrogen (secondary N) is 2. The van der Waals surface area contributed by atoms with Crippen LogP contribution in [0.25, 0.3) is 23.5 Å². The molecule has 10 nitrogen and oxygen atoms in total. The topological polar surface area (TPSA) is 124 Å². The summed E-state index contributed by atoms with van der Waals surface area (Å²) in [5.41, 5.74) is 1.43. The molecule has 1 aromatic carbocycles. The number of amides is 1. The number of H-pyrrole nitrogens is 1. The van der Waals surface area contributed by atoms with Gasteiger partial charge in [-0.3, -0.25) is 14.6 Å². The highest BCUT2D eigenvalue weighted by Gasteiger charge is 2.17. The molecule has 0 saturated heterocycles. The summed E-state index contributed by atoms with van der Waals surface area (Å²) in [6.45, 7) is 1.88. The molecule has 0 aliphatic carbocycles. The lowest BCUT2D eigenvalue weighted by atomic mass is 10.2. The molecule has 0 atom stereocenters. The largest absolute Gasteiger partial charge is 0.463 e. The van der Waals surface area contributed by atoms with E-state index in [0.717, 1.165) is 5.56 Å². The zero-order valence-corrected chi connectivity index (χ0v) is 16.9. The SMILES string of the molecule is Cc1cc(=O)[nH]c(-n2nc(-c3ccco3)cc2NC(=O)C=Cc2ccc3c(c2)OCO3)n1. The fourth-order valence-electron chi connectivity index (χ4n) is 3.20. The van der Waals surface area contributed by atoms with E-state index in [1.54, 1.807) is 43.3 Å². The van der Waals surface area contributed by atoms with Gasteiger partial charge in [-0.15, -0.1) is 0 Å². The lowest BCUT2D eigenvalue weighted by Gasteiger charge is -2.07. The van der Waals surface area contributed by atoms with E-state index in [2.05, 4.69) is 20.4 Å². The van der Waals surface area contributed by atoms with Crippen molar-refractivity contribution in [3.63, 3.8) is 0 Å². The smallest absolute Gasteiger partial charge is 0.252 e. The van der Waals surface area contributed by atoms with E-state index in [0.29, 0.717) is 34.5 Å². The van der Waals surface area contributed by atoms with E-state index in [1.165, 1.54) is 23.1 Å². The van der Waals surface area contributed by atoms with Crippen LogP contribution in [-0.2, 0) is 4.79 Å². The van der Waals surface area contributed by atoms with Crippen LogP contribution < -0.4 is 20.3 Å². The second-order valence-electron chi connectivity index (χ2n) is 6.95. The van der Waals surface area contributed by atoms with E-state index >= 15 is 0 Å². The number of hydrogen-bond donors (Lipinski definition) is 2. The third-order valence-corrected chi connectivity index (χ3v) is 4.62. The Bertz CT molecular complexity index is 1380. The van der Waals surface area contributed by atoms with Crippen molar-refractivity contribution in [3.8, 4) is 28.9 Å². The third-order valence-electron chi connectivity index (χ3n) is 4.62. The molecule has 10 heteroatoms. The van der Waals surface area contributed by atoms with Crippen molar-refractivity contribution >= 4 is 17.8 Å². The summed E-state index contributed by atoms with van der Waals surface area (Å²) in [5.74, 6) is 1.88. The predicted molar refractivity (Wildman–Crippen MR) is 115 cm³/mol. The van der Waals surface area contributed by atoms with Crippen molar-refractivity contribution < 1.29 is 18.7 Å². The molecule has 0 bridgehead atoms. The van der Waals surface area contributed by atoms with Gasteiger partial charge in [-0.05, 0) is 42.8 Å². The maximum absolute atomic E-state index is 12.6. The second kappa shape index (κ2) is 7.91. The van der Waals surface area contributed by atoms with Crippen LogP contribution in [0.5, 0.6) is 11.5 Å². The molecule has 32 heavy (non-hydrogen) atoms. The van der Waals surface area contributed by atoms with Gasteiger partial charge in [-0.1, -0.05) is 6.07 Å². The van der Waals surface area contributed by atoms with Crippen molar-refractivity contribution in [1.82, 2.24) is 19.7 Å². The van der Waals surface area contributed by atoms with Gasteiger partial charge in [0, 0.05) is 23.9 Å². The highest BCUT2D eigenvalue weighted by Crippen LogP contribution is 2.32. The predicted octanol–water partition coefficient (Wildman–Crippen LogP) is 2.90. The van der Waals surface area contributed by atoms with Crippen LogP contribution in [0.4, 0.5) is 5.82 Å². The molecule has 4 aromatic rings. The number of benzene rings is 1. The van der Waals surface area contributed by atoms with Crippen LogP contribution in [-0.4, -0.2) is 32.4 Å². The Morgan fingerprint density at radius 2 is 2.06 bits per heavy atom. The van der Waals surface area contributed by atoms with Gasteiger partial charge in [-0.25, -0.2) is 4.98 Å². The Labute approximate surface area is 181 Å².